The van der Waals surface area contributed by atoms with E-state index in [4.69, 9.17) is 9.47 Å². The normalized spacial score (nSPS) is 16.9. The highest BCUT2D eigenvalue weighted by molar-refractivity contribution is 5.75. The number of aliphatic hydroxyl groups excluding tert-OH is 1. The van der Waals surface area contributed by atoms with E-state index >= 15 is 0 Å². The van der Waals surface area contributed by atoms with Crippen LogP contribution in [0.3, 0.4) is 0 Å². The van der Waals surface area contributed by atoms with Crippen molar-refractivity contribution in [2.45, 2.75) is 38.8 Å². The van der Waals surface area contributed by atoms with Crippen molar-refractivity contribution in [3.05, 3.63) is 47.3 Å². The molecule has 4 aromatic heterocycles. The number of aromatic nitrogens is 7. The number of ether oxygens (including phenoxy) is 2. The van der Waals surface area contributed by atoms with Crippen LogP contribution in [0, 0.1) is 17.2 Å². The Labute approximate surface area is 224 Å². The van der Waals surface area contributed by atoms with Crippen molar-refractivity contribution in [1.29, 1.82) is 5.26 Å². The van der Waals surface area contributed by atoms with Gasteiger partial charge in [-0.15, -0.1) is 5.10 Å². The van der Waals surface area contributed by atoms with E-state index in [2.05, 4.69) is 36.5 Å². The first-order valence-corrected chi connectivity index (χ1v) is 12.7. The van der Waals surface area contributed by atoms with Gasteiger partial charge in [0.25, 0.3) is 5.56 Å². The number of H-pyrrole nitrogens is 1. The molecule has 13 nitrogen and oxygen atoms in total. The van der Waals surface area contributed by atoms with Gasteiger partial charge in [-0.1, -0.05) is 0 Å². The molecular formula is C26H29N9O4. The van der Waals surface area contributed by atoms with Gasteiger partial charge in [0.1, 0.15) is 22.9 Å². The van der Waals surface area contributed by atoms with Crippen molar-refractivity contribution >= 4 is 11.6 Å². The molecular weight excluding hydrogens is 502 g/mol. The molecule has 0 bridgehead atoms. The highest BCUT2D eigenvalue weighted by Crippen LogP contribution is 2.45. The molecule has 3 atom stereocenters. The summed E-state index contributed by atoms with van der Waals surface area (Å²) in [5, 5.41) is 29.2. The maximum Gasteiger partial charge on any atom is 0.277 e. The van der Waals surface area contributed by atoms with Crippen LogP contribution in [0.1, 0.15) is 32.7 Å². The Bertz CT molecular complexity index is 1570. The van der Waals surface area contributed by atoms with Crippen LogP contribution in [0.2, 0.25) is 0 Å². The van der Waals surface area contributed by atoms with E-state index < -0.39 is 0 Å². The number of nitrogens with zero attached hydrogens (tertiary/aromatic N) is 7. The van der Waals surface area contributed by atoms with Gasteiger partial charge in [0.2, 0.25) is 5.88 Å². The Balaban J connectivity index is 1.49. The van der Waals surface area contributed by atoms with Gasteiger partial charge in [-0.25, -0.2) is 15.0 Å². The van der Waals surface area contributed by atoms with E-state index in [1.807, 2.05) is 20.0 Å². The maximum absolute atomic E-state index is 12.3. The monoisotopic (exact) mass is 531 g/mol. The number of aliphatic hydroxyl groups is 1. The first-order chi connectivity index (χ1) is 18.9. The van der Waals surface area contributed by atoms with Gasteiger partial charge in [0, 0.05) is 56.5 Å². The SMILES string of the molecule is CCOc1nn(C2CC2C#N)cc1-c1cnc(Nc2ccnc(-c3c[nH]n(C)c3=O)n2)cc1O[C@@H](C)CCO. The lowest BCUT2D eigenvalue weighted by Gasteiger charge is -2.18. The minimum atomic E-state index is -0.281. The summed E-state index contributed by atoms with van der Waals surface area (Å²) in [6.07, 6.45) is 7.53. The Kier molecular flexibility index (Phi) is 7.29. The highest BCUT2D eigenvalue weighted by atomic mass is 16.5. The Morgan fingerprint density at radius 3 is 2.85 bits per heavy atom. The van der Waals surface area contributed by atoms with Gasteiger partial charge in [-0.2, -0.15) is 5.26 Å². The number of aryl methyl sites for hydroxylation is 1. The van der Waals surface area contributed by atoms with Crippen LogP contribution >= 0.6 is 0 Å². The number of nitriles is 1. The molecule has 0 aliphatic heterocycles. The summed E-state index contributed by atoms with van der Waals surface area (Å²) in [7, 11) is 1.62. The van der Waals surface area contributed by atoms with E-state index in [0.717, 1.165) is 6.42 Å². The molecule has 13 heteroatoms. The number of hydrogen-bond acceptors (Lipinski definition) is 10. The predicted molar refractivity (Wildman–Crippen MR) is 142 cm³/mol. The number of nitrogens with one attached hydrogen (secondary N) is 2. The molecule has 4 heterocycles. The van der Waals surface area contributed by atoms with Crippen LogP contribution in [-0.2, 0) is 7.05 Å². The Morgan fingerprint density at radius 1 is 1.31 bits per heavy atom. The second kappa shape index (κ2) is 11.0. The van der Waals surface area contributed by atoms with E-state index in [1.54, 1.807) is 42.5 Å². The standard InChI is InChI=1S/C26H29N9O4/c1-4-38-25-19(14-35(33-25)20-9-16(20)11-27)17-12-29-23(10-21(17)39-15(2)6-8-36)31-22-5-7-28-24(32-22)18-13-30-34(3)26(18)37/h5,7,10,12-16,20,30,36H,4,6,8-9H2,1-3H3,(H,28,29,31,32)/t15-,16?,20?/m0/s1. The highest BCUT2D eigenvalue weighted by Gasteiger charge is 2.40. The molecule has 3 N–H and O–H groups in total. The average Bonchev–Trinajstić information content (AvgIpc) is 3.49. The molecule has 0 saturated heterocycles. The fourth-order valence-corrected chi connectivity index (χ4v) is 4.16. The van der Waals surface area contributed by atoms with Crippen LogP contribution in [0.4, 0.5) is 11.6 Å². The van der Waals surface area contributed by atoms with E-state index in [0.29, 0.717) is 53.0 Å². The summed E-state index contributed by atoms with van der Waals surface area (Å²) in [5.41, 5.74) is 1.47. The molecule has 1 fully saturated rings. The molecule has 202 valence electrons. The van der Waals surface area contributed by atoms with Crippen LogP contribution in [0.25, 0.3) is 22.5 Å². The van der Waals surface area contributed by atoms with Gasteiger partial charge in [0.15, 0.2) is 5.82 Å². The van der Waals surface area contributed by atoms with Crippen molar-refractivity contribution in [2.24, 2.45) is 13.0 Å². The number of rotatable bonds is 11. The van der Waals surface area contributed by atoms with Gasteiger partial charge in [0.05, 0.1) is 36.3 Å². The fourth-order valence-electron chi connectivity index (χ4n) is 4.16. The zero-order valence-electron chi connectivity index (χ0n) is 21.8. The number of hydrogen-bond donors (Lipinski definition) is 3. The summed E-state index contributed by atoms with van der Waals surface area (Å²) in [6, 6.07) is 5.71. The van der Waals surface area contributed by atoms with E-state index in [-0.39, 0.29) is 36.1 Å². The van der Waals surface area contributed by atoms with Crippen molar-refractivity contribution in [1.82, 2.24) is 34.5 Å². The fraction of sp³-hybridized carbons (Fsp3) is 0.385. The quantitative estimate of drug-likeness (QED) is 0.262. The number of pyridine rings is 1. The van der Waals surface area contributed by atoms with Crippen LogP contribution < -0.4 is 20.3 Å². The molecule has 0 amide bonds. The largest absolute Gasteiger partial charge is 0.490 e. The Morgan fingerprint density at radius 2 is 2.15 bits per heavy atom. The zero-order chi connectivity index (χ0) is 27.5. The third-order valence-electron chi connectivity index (χ3n) is 6.35. The topological polar surface area (TPSA) is 169 Å². The molecule has 5 rings (SSSR count). The summed E-state index contributed by atoms with van der Waals surface area (Å²) < 4.78 is 15.2. The molecule has 0 aromatic carbocycles. The third kappa shape index (κ3) is 5.46. The first kappa shape index (κ1) is 25.9. The molecule has 39 heavy (non-hydrogen) atoms. The third-order valence-corrected chi connectivity index (χ3v) is 6.35. The van der Waals surface area contributed by atoms with Crippen molar-refractivity contribution in [3.8, 4) is 40.2 Å². The van der Waals surface area contributed by atoms with E-state index in [9.17, 15) is 15.2 Å². The zero-order valence-corrected chi connectivity index (χ0v) is 21.8. The van der Waals surface area contributed by atoms with Crippen LogP contribution in [0.15, 0.2) is 41.7 Å². The van der Waals surface area contributed by atoms with Crippen molar-refractivity contribution < 1.29 is 14.6 Å². The molecule has 1 saturated carbocycles. The average molecular weight is 532 g/mol. The second-order valence-corrected chi connectivity index (χ2v) is 9.25. The predicted octanol–water partition coefficient (Wildman–Crippen LogP) is 2.81. The summed E-state index contributed by atoms with van der Waals surface area (Å²) >= 11 is 0. The van der Waals surface area contributed by atoms with Crippen LogP contribution in [0.5, 0.6) is 11.6 Å². The summed E-state index contributed by atoms with van der Waals surface area (Å²) in [6.45, 7) is 4.15. The molecule has 1 aliphatic rings. The van der Waals surface area contributed by atoms with Gasteiger partial charge in [-0.05, 0) is 26.3 Å². The number of anilines is 2. The minimum Gasteiger partial charge on any atom is -0.490 e. The molecule has 1 aliphatic carbocycles. The number of aromatic amines is 1. The lowest BCUT2D eigenvalue weighted by Crippen LogP contribution is -2.14. The first-order valence-electron chi connectivity index (χ1n) is 12.7. The molecule has 0 spiro atoms. The van der Waals surface area contributed by atoms with Gasteiger partial charge in [-0.3, -0.25) is 14.2 Å². The molecule has 0 radical (unpaired) electrons. The maximum atomic E-state index is 12.3. The lowest BCUT2D eigenvalue weighted by atomic mass is 10.1. The lowest BCUT2D eigenvalue weighted by molar-refractivity contribution is 0.169. The minimum absolute atomic E-state index is 0.0124. The van der Waals surface area contributed by atoms with Crippen LogP contribution in [-0.4, -0.2) is 58.9 Å². The van der Waals surface area contributed by atoms with Crippen molar-refractivity contribution in [3.63, 3.8) is 0 Å². The molecule has 2 unspecified atom stereocenters. The van der Waals surface area contributed by atoms with E-state index in [1.165, 1.54) is 4.68 Å². The summed E-state index contributed by atoms with van der Waals surface area (Å²) in [5.74, 6) is 2.04. The van der Waals surface area contributed by atoms with Gasteiger partial charge < -0.3 is 25.0 Å². The summed E-state index contributed by atoms with van der Waals surface area (Å²) in [4.78, 5) is 25.6. The van der Waals surface area contributed by atoms with Gasteiger partial charge >= 0.3 is 0 Å². The second-order valence-electron chi connectivity index (χ2n) is 9.25. The Hall–Kier alpha value is -4.70. The molecule has 4 aromatic rings. The van der Waals surface area contributed by atoms with Crippen molar-refractivity contribution in [2.75, 3.05) is 18.5 Å². The smallest absolute Gasteiger partial charge is 0.277 e.